The average Bonchev–Trinajstić information content (AvgIpc) is 2.10. The van der Waals surface area contributed by atoms with Gasteiger partial charge in [0.25, 0.3) is 0 Å². The van der Waals surface area contributed by atoms with Crippen molar-refractivity contribution in [2.24, 2.45) is 0 Å². The standard InChI is InChI=1S/C10H14S2/c1-3-10(12)7-6-9(2)5-4-8-11/h3-7,11-12H,2,8H2,1H3/b5-4+,7-6-,10-3+. The molecule has 0 aromatic rings. The minimum Gasteiger partial charge on any atom is -0.175 e. The van der Waals surface area contributed by atoms with Gasteiger partial charge in [-0.25, -0.2) is 0 Å². The van der Waals surface area contributed by atoms with E-state index in [9.17, 15) is 0 Å². The van der Waals surface area contributed by atoms with Gasteiger partial charge in [-0.15, -0.1) is 12.6 Å². The normalized spacial score (nSPS) is 13.1. The lowest BCUT2D eigenvalue weighted by atomic mass is 10.2. The van der Waals surface area contributed by atoms with Crippen LogP contribution in [0.15, 0.2) is 47.4 Å². The molecule has 0 spiro atoms. The van der Waals surface area contributed by atoms with Crippen LogP contribution in [0.4, 0.5) is 0 Å². The fourth-order valence-corrected chi connectivity index (χ4v) is 0.728. The fraction of sp³-hybridized carbons (Fsp3) is 0.200. The first-order valence-electron chi connectivity index (χ1n) is 3.70. The van der Waals surface area contributed by atoms with E-state index in [0.29, 0.717) is 0 Å². The van der Waals surface area contributed by atoms with Crippen molar-refractivity contribution in [2.75, 3.05) is 5.75 Å². The van der Waals surface area contributed by atoms with Crippen molar-refractivity contribution in [1.82, 2.24) is 0 Å². The summed E-state index contributed by atoms with van der Waals surface area (Å²) in [6.07, 6.45) is 9.63. The molecular weight excluding hydrogens is 184 g/mol. The zero-order valence-electron chi connectivity index (χ0n) is 7.20. The summed E-state index contributed by atoms with van der Waals surface area (Å²) in [5.74, 6) is 0.740. The van der Waals surface area contributed by atoms with Gasteiger partial charge in [0.2, 0.25) is 0 Å². The van der Waals surface area contributed by atoms with E-state index in [1.54, 1.807) is 0 Å². The fourth-order valence-electron chi connectivity index (χ4n) is 0.548. The van der Waals surface area contributed by atoms with E-state index < -0.39 is 0 Å². The second kappa shape index (κ2) is 7.32. The van der Waals surface area contributed by atoms with Crippen LogP contribution < -0.4 is 0 Å². The molecule has 0 nitrogen and oxygen atoms in total. The SMILES string of the molecule is C=C(/C=C\C(S)=C/C)/C=C/CS. The lowest BCUT2D eigenvalue weighted by Gasteiger charge is -1.89. The summed E-state index contributed by atoms with van der Waals surface area (Å²) in [4.78, 5) is 0.940. The Kier molecular flexibility index (Phi) is 7.11. The average molecular weight is 198 g/mol. The Morgan fingerprint density at radius 3 is 2.50 bits per heavy atom. The van der Waals surface area contributed by atoms with Crippen molar-refractivity contribution in [2.45, 2.75) is 6.92 Å². The molecule has 0 unspecified atom stereocenters. The van der Waals surface area contributed by atoms with Crippen LogP contribution >= 0.6 is 25.3 Å². The summed E-state index contributed by atoms with van der Waals surface area (Å²) in [5, 5.41) is 0. The van der Waals surface area contributed by atoms with Gasteiger partial charge >= 0.3 is 0 Å². The second-order valence-electron chi connectivity index (χ2n) is 2.21. The zero-order valence-corrected chi connectivity index (χ0v) is 8.98. The molecule has 0 bridgehead atoms. The highest BCUT2D eigenvalue weighted by Crippen LogP contribution is 2.04. The topological polar surface area (TPSA) is 0 Å². The molecule has 0 N–H and O–H groups in total. The monoisotopic (exact) mass is 198 g/mol. The minimum atomic E-state index is 0.740. The molecule has 12 heavy (non-hydrogen) atoms. The van der Waals surface area contributed by atoms with Gasteiger partial charge in [0, 0.05) is 5.75 Å². The van der Waals surface area contributed by atoms with E-state index in [4.69, 9.17) is 0 Å². The molecule has 0 fully saturated rings. The summed E-state index contributed by atoms with van der Waals surface area (Å²) >= 11 is 8.23. The summed E-state index contributed by atoms with van der Waals surface area (Å²) in [5.41, 5.74) is 0.956. The third kappa shape index (κ3) is 6.38. The van der Waals surface area contributed by atoms with Crippen LogP contribution in [-0.2, 0) is 0 Å². The predicted molar refractivity (Wildman–Crippen MR) is 64.0 cm³/mol. The molecule has 0 atom stereocenters. The summed E-state index contributed by atoms with van der Waals surface area (Å²) in [6, 6.07) is 0. The van der Waals surface area contributed by atoms with Crippen molar-refractivity contribution in [1.29, 1.82) is 0 Å². The largest absolute Gasteiger partial charge is 0.175 e. The Labute approximate surface area is 85.6 Å². The first-order chi connectivity index (χ1) is 5.70. The first-order valence-corrected chi connectivity index (χ1v) is 4.78. The van der Waals surface area contributed by atoms with Gasteiger partial charge in [-0.3, -0.25) is 0 Å². The van der Waals surface area contributed by atoms with Crippen LogP contribution in [0.3, 0.4) is 0 Å². The van der Waals surface area contributed by atoms with Gasteiger partial charge in [0.05, 0.1) is 0 Å². The third-order valence-corrected chi connectivity index (χ3v) is 1.82. The highest BCUT2D eigenvalue weighted by atomic mass is 32.1. The Hall–Kier alpha value is -0.340. The Bertz CT molecular complexity index is 222. The van der Waals surface area contributed by atoms with Crippen LogP contribution in [0, 0.1) is 0 Å². The van der Waals surface area contributed by atoms with Crippen molar-refractivity contribution in [3.05, 3.63) is 47.4 Å². The van der Waals surface area contributed by atoms with Gasteiger partial charge in [-0.1, -0.05) is 30.9 Å². The number of rotatable bonds is 4. The third-order valence-electron chi connectivity index (χ3n) is 1.20. The molecule has 0 aliphatic rings. The molecular formula is C10H14S2. The van der Waals surface area contributed by atoms with Gasteiger partial charge < -0.3 is 0 Å². The van der Waals surface area contributed by atoms with E-state index in [0.717, 1.165) is 16.2 Å². The molecule has 0 aromatic heterocycles. The minimum absolute atomic E-state index is 0.740. The zero-order chi connectivity index (χ0) is 9.40. The van der Waals surface area contributed by atoms with Crippen LogP contribution in [0.5, 0.6) is 0 Å². The smallest absolute Gasteiger partial charge is 0.00858 e. The molecule has 0 radical (unpaired) electrons. The summed E-state index contributed by atoms with van der Waals surface area (Å²) < 4.78 is 0. The lowest BCUT2D eigenvalue weighted by molar-refractivity contribution is 1.65. The van der Waals surface area contributed by atoms with Crippen molar-refractivity contribution in [3.63, 3.8) is 0 Å². The quantitative estimate of drug-likeness (QED) is 0.502. The van der Waals surface area contributed by atoms with E-state index in [1.165, 1.54) is 0 Å². The van der Waals surface area contributed by atoms with Crippen LogP contribution in [-0.4, -0.2) is 5.75 Å². The first kappa shape index (κ1) is 11.7. The Balaban J connectivity index is 4.00. The van der Waals surface area contributed by atoms with Gasteiger partial charge in [-0.2, -0.15) is 12.6 Å². The summed E-state index contributed by atoms with van der Waals surface area (Å²) in [6.45, 7) is 5.77. The number of thiol groups is 2. The number of hydrogen-bond acceptors (Lipinski definition) is 2. The summed E-state index contributed by atoms with van der Waals surface area (Å²) in [7, 11) is 0. The Morgan fingerprint density at radius 1 is 1.33 bits per heavy atom. The maximum absolute atomic E-state index is 4.19. The predicted octanol–water partition coefficient (Wildman–Crippen LogP) is 3.42. The van der Waals surface area contributed by atoms with Crippen LogP contribution in [0.1, 0.15) is 6.92 Å². The molecule has 2 heteroatoms. The van der Waals surface area contributed by atoms with Crippen LogP contribution in [0.2, 0.25) is 0 Å². The lowest BCUT2D eigenvalue weighted by Crippen LogP contribution is -1.69. The second-order valence-corrected chi connectivity index (χ2v) is 3.09. The maximum atomic E-state index is 4.19. The van der Waals surface area contributed by atoms with Gasteiger partial charge in [-0.05, 0) is 23.5 Å². The maximum Gasteiger partial charge on any atom is 0.00858 e. The van der Waals surface area contributed by atoms with E-state index in [-0.39, 0.29) is 0 Å². The molecule has 0 aliphatic heterocycles. The Morgan fingerprint density at radius 2 is 2.00 bits per heavy atom. The van der Waals surface area contributed by atoms with Crippen LogP contribution in [0.25, 0.3) is 0 Å². The number of allylic oxidation sites excluding steroid dienone is 5. The van der Waals surface area contributed by atoms with Crippen molar-refractivity contribution >= 4 is 25.3 Å². The molecule has 0 heterocycles. The van der Waals surface area contributed by atoms with Crippen molar-refractivity contribution < 1.29 is 0 Å². The van der Waals surface area contributed by atoms with Gasteiger partial charge in [0.1, 0.15) is 0 Å². The molecule has 0 amide bonds. The van der Waals surface area contributed by atoms with E-state index in [2.05, 4.69) is 31.8 Å². The van der Waals surface area contributed by atoms with Gasteiger partial charge in [0.15, 0.2) is 0 Å². The van der Waals surface area contributed by atoms with E-state index in [1.807, 2.05) is 37.3 Å². The molecule has 0 aliphatic carbocycles. The van der Waals surface area contributed by atoms with Crippen molar-refractivity contribution in [3.8, 4) is 0 Å². The molecule has 66 valence electrons. The van der Waals surface area contributed by atoms with E-state index >= 15 is 0 Å². The molecule has 0 aromatic carbocycles. The molecule has 0 saturated heterocycles. The highest BCUT2D eigenvalue weighted by molar-refractivity contribution is 7.84. The molecule has 0 rings (SSSR count). The molecule has 0 saturated carbocycles. The highest BCUT2D eigenvalue weighted by Gasteiger charge is 1.80. The number of hydrogen-bond donors (Lipinski definition) is 2.